The van der Waals surface area contributed by atoms with Crippen LogP contribution in [0.15, 0.2) is 18.2 Å². The van der Waals surface area contributed by atoms with E-state index in [4.69, 9.17) is 11.6 Å². The van der Waals surface area contributed by atoms with Crippen molar-refractivity contribution in [1.82, 2.24) is 15.2 Å². The van der Waals surface area contributed by atoms with Crippen LogP contribution in [0.4, 0.5) is 0 Å². The molecule has 0 aliphatic carbocycles. The van der Waals surface area contributed by atoms with Crippen LogP contribution < -0.4 is 5.32 Å². The van der Waals surface area contributed by atoms with Crippen LogP contribution in [0.3, 0.4) is 0 Å². The number of likely N-dealkylation sites (tertiary alicyclic amines) is 1. The Kier molecular flexibility index (Phi) is 4.77. The third-order valence-corrected chi connectivity index (χ3v) is 3.46. The monoisotopic (exact) mass is 253 g/mol. The minimum atomic E-state index is 0.589. The minimum absolute atomic E-state index is 0.589. The first-order valence-electron chi connectivity index (χ1n) is 6.26. The van der Waals surface area contributed by atoms with Gasteiger partial charge in [-0.05, 0) is 51.0 Å². The highest BCUT2D eigenvalue weighted by atomic mass is 35.5. The van der Waals surface area contributed by atoms with Crippen molar-refractivity contribution in [1.29, 1.82) is 0 Å². The quantitative estimate of drug-likeness (QED) is 0.834. The highest BCUT2D eigenvalue weighted by molar-refractivity contribution is 6.29. The summed E-state index contributed by atoms with van der Waals surface area (Å²) in [5, 5.41) is 3.86. The van der Waals surface area contributed by atoms with Crippen LogP contribution in [0.2, 0.25) is 5.15 Å². The number of halogens is 1. The average molecular weight is 254 g/mol. The van der Waals surface area contributed by atoms with Crippen molar-refractivity contribution < 1.29 is 0 Å². The fourth-order valence-corrected chi connectivity index (χ4v) is 2.70. The van der Waals surface area contributed by atoms with E-state index in [9.17, 15) is 0 Å². The van der Waals surface area contributed by atoms with Crippen molar-refractivity contribution in [2.24, 2.45) is 5.92 Å². The van der Waals surface area contributed by atoms with Crippen LogP contribution in [-0.4, -0.2) is 36.6 Å². The van der Waals surface area contributed by atoms with E-state index in [1.54, 1.807) is 0 Å². The summed E-state index contributed by atoms with van der Waals surface area (Å²) in [6.07, 6.45) is 2.62. The lowest BCUT2D eigenvalue weighted by Gasteiger charge is -2.32. The van der Waals surface area contributed by atoms with Crippen molar-refractivity contribution in [3.05, 3.63) is 29.0 Å². The maximum atomic E-state index is 5.90. The molecule has 1 aromatic heterocycles. The third kappa shape index (κ3) is 3.95. The molecule has 17 heavy (non-hydrogen) atoms. The van der Waals surface area contributed by atoms with Gasteiger partial charge in [0.2, 0.25) is 0 Å². The van der Waals surface area contributed by atoms with Gasteiger partial charge >= 0.3 is 0 Å². The molecule has 1 aliphatic heterocycles. The van der Waals surface area contributed by atoms with Gasteiger partial charge < -0.3 is 5.32 Å². The van der Waals surface area contributed by atoms with E-state index in [2.05, 4.69) is 15.2 Å². The van der Waals surface area contributed by atoms with E-state index in [0.29, 0.717) is 5.15 Å². The zero-order valence-electron chi connectivity index (χ0n) is 10.3. The number of nitrogens with zero attached hydrogens (tertiary/aromatic N) is 2. The number of piperidine rings is 1. The zero-order chi connectivity index (χ0) is 12.1. The van der Waals surface area contributed by atoms with E-state index in [-0.39, 0.29) is 0 Å². The number of pyridine rings is 1. The number of hydrogen-bond acceptors (Lipinski definition) is 3. The first-order valence-corrected chi connectivity index (χ1v) is 6.64. The summed E-state index contributed by atoms with van der Waals surface area (Å²) >= 11 is 5.90. The molecule has 2 rings (SSSR count). The van der Waals surface area contributed by atoms with Gasteiger partial charge in [0.1, 0.15) is 5.15 Å². The van der Waals surface area contributed by atoms with Crippen molar-refractivity contribution in [3.63, 3.8) is 0 Å². The SMILES string of the molecule is CNCC1CCCN(Cc2cccc(Cl)n2)C1. The molecule has 0 radical (unpaired) electrons. The lowest BCUT2D eigenvalue weighted by molar-refractivity contribution is 0.165. The summed E-state index contributed by atoms with van der Waals surface area (Å²) in [4.78, 5) is 6.82. The second-order valence-corrected chi connectivity index (χ2v) is 5.14. The molecule has 0 bridgehead atoms. The van der Waals surface area contributed by atoms with Gasteiger partial charge in [-0.15, -0.1) is 0 Å². The highest BCUT2D eigenvalue weighted by Crippen LogP contribution is 2.17. The van der Waals surface area contributed by atoms with Gasteiger partial charge in [-0.25, -0.2) is 4.98 Å². The molecular formula is C13H20ClN3. The normalized spacial score (nSPS) is 21.6. The fraction of sp³-hybridized carbons (Fsp3) is 0.615. The molecule has 0 spiro atoms. The summed E-state index contributed by atoms with van der Waals surface area (Å²) in [7, 11) is 2.03. The zero-order valence-corrected chi connectivity index (χ0v) is 11.1. The van der Waals surface area contributed by atoms with Crippen molar-refractivity contribution in [3.8, 4) is 0 Å². The molecular weight excluding hydrogens is 234 g/mol. The smallest absolute Gasteiger partial charge is 0.129 e. The molecule has 1 N–H and O–H groups in total. The Morgan fingerprint density at radius 2 is 2.41 bits per heavy atom. The molecule has 3 nitrogen and oxygen atoms in total. The van der Waals surface area contributed by atoms with Gasteiger partial charge in [-0.1, -0.05) is 17.7 Å². The molecule has 1 aromatic rings. The van der Waals surface area contributed by atoms with Crippen LogP contribution in [0.1, 0.15) is 18.5 Å². The van der Waals surface area contributed by atoms with Gasteiger partial charge in [0.15, 0.2) is 0 Å². The maximum absolute atomic E-state index is 5.90. The Hall–Kier alpha value is -0.640. The summed E-state index contributed by atoms with van der Waals surface area (Å²) in [5.41, 5.74) is 1.07. The molecule has 1 unspecified atom stereocenters. The van der Waals surface area contributed by atoms with Crippen molar-refractivity contribution in [2.75, 3.05) is 26.7 Å². The largest absolute Gasteiger partial charge is 0.319 e. The Morgan fingerprint density at radius 1 is 1.53 bits per heavy atom. The lowest BCUT2D eigenvalue weighted by atomic mass is 9.98. The second-order valence-electron chi connectivity index (χ2n) is 4.75. The standard InChI is InChI=1S/C13H20ClN3/c1-15-8-11-4-3-7-17(9-11)10-12-5-2-6-13(14)16-12/h2,5-6,11,15H,3-4,7-10H2,1H3. The minimum Gasteiger partial charge on any atom is -0.319 e. The van der Waals surface area contributed by atoms with Crippen LogP contribution in [-0.2, 0) is 6.54 Å². The predicted octanol–water partition coefficient (Wildman–Crippen LogP) is 2.17. The van der Waals surface area contributed by atoms with E-state index in [1.165, 1.54) is 19.4 Å². The molecule has 4 heteroatoms. The fourth-order valence-electron chi connectivity index (χ4n) is 2.52. The molecule has 1 fully saturated rings. The summed E-state index contributed by atoms with van der Waals surface area (Å²) in [6.45, 7) is 4.36. The van der Waals surface area contributed by atoms with Gasteiger partial charge in [-0.3, -0.25) is 4.90 Å². The van der Waals surface area contributed by atoms with Crippen LogP contribution in [0.5, 0.6) is 0 Å². The first-order chi connectivity index (χ1) is 8.28. The van der Waals surface area contributed by atoms with E-state index >= 15 is 0 Å². The van der Waals surface area contributed by atoms with E-state index < -0.39 is 0 Å². The highest BCUT2D eigenvalue weighted by Gasteiger charge is 2.19. The van der Waals surface area contributed by atoms with Gasteiger partial charge in [0.25, 0.3) is 0 Å². The Bertz CT molecular complexity index is 354. The summed E-state index contributed by atoms with van der Waals surface area (Å²) in [6, 6.07) is 5.85. The third-order valence-electron chi connectivity index (χ3n) is 3.25. The molecule has 0 saturated carbocycles. The molecule has 0 aromatic carbocycles. The second kappa shape index (κ2) is 6.34. The maximum Gasteiger partial charge on any atom is 0.129 e. The Labute approximate surface area is 108 Å². The van der Waals surface area contributed by atoms with Crippen molar-refractivity contribution in [2.45, 2.75) is 19.4 Å². The molecule has 0 amide bonds. The number of hydrogen-bond donors (Lipinski definition) is 1. The molecule has 1 saturated heterocycles. The Morgan fingerprint density at radius 3 is 3.18 bits per heavy atom. The molecule has 1 aliphatic rings. The lowest BCUT2D eigenvalue weighted by Crippen LogP contribution is -2.38. The number of nitrogens with one attached hydrogen (secondary N) is 1. The number of aromatic nitrogens is 1. The summed E-state index contributed by atoms with van der Waals surface area (Å²) in [5.74, 6) is 0.771. The van der Waals surface area contributed by atoms with E-state index in [0.717, 1.165) is 31.2 Å². The predicted molar refractivity (Wildman–Crippen MR) is 71.2 cm³/mol. The molecule has 2 heterocycles. The van der Waals surface area contributed by atoms with Gasteiger partial charge in [-0.2, -0.15) is 0 Å². The van der Waals surface area contributed by atoms with Crippen LogP contribution in [0.25, 0.3) is 0 Å². The average Bonchev–Trinajstić information content (AvgIpc) is 2.30. The molecule has 94 valence electrons. The summed E-state index contributed by atoms with van der Waals surface area (Å²) < 4.78 is 0. The van der Waals surface area contributed by atoms with Gasteiger partial charge in [0.05, 0.1) is 5.69 Å². The van der Waals surface area contributed by atoms with Crippen LogP contribution >= 0.6 is 11.6 Å². The first kappa shape index (κ1) is 12.8. The topological polar surface area (TPSA) is 28.2 Å². The van der Waals surface area contributed by atoms with Crippen LogP contribution in [0, 0.1) is 5.92 Å². The van der Waals surface area contributed by atoms with Gasteiger partial charge in [0, 0.05) is 13.1 Å². The number of rotatable bonds is 4. The van der Waals surface area contributed by atoms with Crippen molar-refractivity contribution >= 4 is 11.6 Å². The Balaban J connectivity index is 1.90. The van der Waals surface area contributed by atoms with E-state index in [1.807, 2.05) is 25.2 Å². The molecule has 1 atom stereocenters.